The maximum absolute atomic E-state index is 11.1. The maximum atomic E-state index is 11.1. The predicted octanol–water partition coefficient (Wildman–Crippen LogP) is 4.92. The summed E-state index contributed by atoms with van der Waals surface area (Å²) >= 11 is 6.71. The first kappa shape index (κ1) is 15.5. The van der Waals surface area contributed by atoms with Gasteiger partial charge in [0.1, 0.15) is 5.75 Å². The van der Waals surface area contributed by atoms with Crippen molar-refractivity contribution in [2.24, 2.45) is 0 Å². The molecule has 7 heteroatoms. The van der Waals surface area contributed by atoms with E-state index in [1.54, 1.807) is 12.1 Å². The number of hydrogen-bond acceptors (Lipinski definition) is 4. The third-order valence-electron chi connectivity index (χ3n) is 2.67. The van der Waals surface area contributed by atoms with Crippen molar-refractivity contribution in [3.8, 4) is 17.6 Å². The largest absolute Gasteiger partial charge is 0.450 e. The number of nitriles is 1. The van der Waals surface area contributed by atoms with Crippen LogP contribution in [0.15, 0.2) is 40.9 Å². The lowest BCUT2D eigenvalue weighted by atomic mass is 10.2. The zero-order chi connectivity index (χ0) is 15.4. The lowest BCUT2D eigenvalue weighted by molar-refractivity contribution is -0.385. The Morgan fingerprint density at radius 3 is 2.57 bits per heavy atom. The molecule has 0 saturated heterocycles. The van der Waals surface area contributed by atoms with Crippen molar-refractivity contribution in [3.63, 3.8) is 0 Å². The van der Waals surface area contributed by atoms with Crippen LogP contribution in [0.1, 0.15) is 11.1 Å². The monoisotopic (exact) mass is 410 g/mol. The molecule has 2 aromatic rings. The minimum atomic E-state index is -0.567. The van der Waals surface area contributed by atoms with E-state index in [-0.39, 0.29) is 17.0 Å². The maximum Gasteiger partial charge on any atom is 0.312 e. The van der Waals surface area contributed by atoms with Crippen molar-refractivity contribution in [2.45, 2.75) is 5.33 Å². The number of nitro groups is 1. The first-order valence-corrected chi connectivity index (χ1v) is 7.67. The van der Waals surface area contributed by atoms with Crippen molar-refractivity contribution in [2.75, 3.05) is 0 Å². The first-order valence-electron chi connectivity index (χ1n) is 5.76. The highest BCUT2D eigenvalue weighted by atomic mass is 79.9. The van der Waals surface area contributed by atoms with Crippen molar-refractivity contribution in [1.29, 1.82) is 5.26 Å². The fourth-order valence-electron chi connectivity index (χ4n) is 1.69. The SMILES string of the molecule is N#Cc1ccc(Oc2ccc(Br)cc2CBr)c([N+](=O)[O-])c1. The Kier molecular flexibility index (Phi) is 4.94. The van der Waals surface area contributed by atoms with Gasteiger partial charge in [-0.1, -0.05) is 31.9 Å². The van der Waals surface area contributed by atoms with Crippen molar-refractivity contribution >= 4 is 37.5 Å². The third kappa shape index (κ3) is 3.60. The fraction of sp³-hybridized carbons (Fsp3) is 0.0714. The number of ether oxygens (including phenoxy) is 1. The van der Waals surface area contributed by atoms with Crippen LogP contribution >= 0.6 is 31.9 Å². The summed E-state index contributed by atoms with van der Waals surface area (Å²) < 4.78 is 6.53. The Morgan fingerprint density at radius 1 is 1.24 bits per heavy atom. The zero-order valence-electron chi connectivity index (χ0n) is 10.5. The molecule has 21 heavy (non-hydrogen) atoms. The molecule has 2 rings (SSSR count). The Balaban J connectivity index is 2.45. The van der Waals surface area contributed by atoms with Crippen LogP contribution in [-0.2, 0) is 5.33 Å². The molecule has 5 nitrogen and oxygen atoms in total. The molecule has 0 N–H and O–H groups in total. The van der Waals surface area contributed by atoms with Gasteiger partial charge in [-0.15, -0.1) is 0 Å². The second-order valence-electron chi connectivity index (χ2n) is 4.04. The van der Waals surface area contributed by atoms with Crippen LogP contribution in [0.4, 0.5) is 5.69 Å². The van der Waals surface area contributed by atoms with Gasteiger partial charge in [0.05, 0.1) is 16.6 Å². The number of nitrogens with zero attached hydrogens (tertiary/aromatic N) is 2. The van der Waals surface area contributed by atoms with Crippen molar-refractivity contribution in [3.05, 3.63) is 62.1 Å². The van der Waals surface area contributed by atoms with Gasteiger partial charge in [-0.25, -0.2) is 0 Å². The van der Waals surface area contributed by atoms with E-state index in [0.29, 0.717) is 11.1 Å². The molecule has 0 aromatic heterocycles. The molecule has 0 aliphatic carbocycles. The summed E-state index contributed by atoms with van der Waals surface area (Å²) in [6.07, 6.45) is 0. The van der Waals surface area contributed by atoms with Gasteiger partial charge < -0.3 is 4.74 Å². The molecule has 0 aliphatic heterocycles. The molecule has 0 atom stereocenters. The van der Waals surface area contributed by atoms with E-state index in [4.69, 9.17) is 10.00 Å². The van der Waals surface area contributed by atoms with Gasteiger partial charge in [-0.3, -0.25) is 10.1 Å². The molecule has 0 amide bonds. The molecule has 0 unspecified atom stereocenters. The van der Waals surface area contributed by atoms with Gasteiger partial charge in [-0.2, -0.15) is 5.26 Å². The van der Waals surface area contributed by atoms with Gasteiger partial charge >= 0.3 is 5.69 Å². The highest BCUT2D eigenvalue weighted by molar-refractivity contribution is 9.10. The molecule has 106 valence electrons. The normalized spacial score (nSPS) is 9.95. The van der Waals surface area contributed by atoms with Crippen LogP contribution in [0, 0.1) is 21.4 Å². The first-order chi connectivity index (χ1) is 10.0. The number of hydrogen-bond donors (Lipinski definition) is 0. The third-order valence-corrected chi connectivity index (χ3v) is 3.77. The summed E-state index contributed by atoms with van der Waals surface area (Å²) in [4.78, 5) is 10.5. The predicted molar refractivity (Wildman–Crippen MR) is 84.7 cm³/mol. The highest BCUT2D eigenvalue weighted by Crippen LogP contribution is 2.35. The summed E-state index contributed by atoms with van der Waals surface area (Å²) in [7, 11) is 0. The molecule has 0 saturated carbocycles. The van der Waals surface area contributed by atoms with Crippen LogP contribution in [0.25, 0.3) is 0 Å². The number of nitro benzene ring substituents is 1. The van der Waals surface area contributed by atoms with Gasteiger partial charge in [0.15, 0.2) is 0 Å². The summed E-state index contributed by atoms with van der Waals surface area (Å²) in [5, 5.41) is 20.4. The minimum absolute atomic E-state index is 0.100. The second kappa shape index (κ2) is 6.70. The number of benzene rings is 2. The van der Waals surface area contributed by atoms with Crippen molar-refractivity contribution < 1.29 is 9.66 Å². The van der Waals surface area contributed by atoms with E-state index in [2.05, 4.69) is 31.9 Å². The van der Waals surface area contributed by atoms with Crippen LogP contribution < -0.4 is 4.74 Å². The van der Waals surface area contributed by atoms with Gasteiger partial charge in [-0.05, 0) is 30.3 Å². The second-order valence-corrected chi connectivity index (χ2v) is 5.52. The van der Waals surface area contributed by atoms with Gasteiger partial charge in [0, 0.05) is 21.4 Å². The highest BCUT2D eigenvalue weighted by Gasteiger charge is 2.18. The van der Waals surface area contributed by atoms with Gasteiger partial charge in [0.25, 0.3) is 0 Å². The summed E-state index contributed by atoms with van der Waals surface area (Å²) in [6, 6.07) is 11.3. The van der Waals surface area contributed by atoms with Crippen LogP contribution in [0.2, 0.25) is 0 Å². The molecular weight excluding hydrogens is 404 g/mol. The molecule has 2 aromatic carbocycles. The van der Waals surface area contributed by atoms with Crippen LogP contribution in [0.3, 0.4) is 0 Å². The molecular formula is C14H8Br2N2O3. The molecule has 0 radical (unpaired) electrons. The number of halogens is 2. The average molecular weight is 412 g/mol. The quantitative estimate of drug-likeness (QED) is 0.406. The van der Waals surface area contributed by atoms with Crippen LogP contribution in [0.5, 0.6) is 11.5 Å². The van der Waals surface area contributed by atoms with Gasteiger partial charge in [0.2, 0.25) is 5.75 Å². The Hall–Kier alpha value is -1.91. The molecule has 0 fully saturated rings. The molecule has 0 heterocycles. The number of alkyl halides is 1. The topological polar surface area (TPSA) is 76.2 Å². The minimum Gasteiger partial charge on any atom is -0.450 e. The molecule has 0 bridgehead atoms. The van der Waals surface area contributed by atoms with Crippen molar-refractivity contribution in [1.82, 2.24) is 0 Å². The molecule has 0 spiro atoms. The molecule has 0 aliphatic rings. The number of rotatable bonds is 4. The van der Waals surface area contributed by atoms with E-state index >= 15 is 0 Å². The smallest absolute Gasteiger partial charge is 0.312 e. The summed E-state index contributed by atoms with van der Waals surface area (Å²) in [5.41, 5.74) is 0.825. The van der Waals surface area contributed by atoms with E-state index in [1.165, 1.54) is 18.2 Å². The van der Waals surface area contributed by atoms with E-state index in [9.17, 15) is 10.1 Å². The standard InChI is InChI=1S/C14H8Br2N2O3/c15-7-10-6-11(16)2-4-13(10)21-14-3-1-9(8-17)5-12(14)18(19)20/h1-6H,7H2. The summed E-state index contributed by atoms with van der Waals surface area (Å²) in [5.74, 6) is 0.617. The average Bonchev–Trinajstić information content (AvgIpc) is 2.49. The van der Waals surface area contributed by atoms with Crippen LogP contribution in [-0.4, -0.2) is 4.92 Å². The lowest BCUT2D eigenvalue weighted by Crippen LogP contribution is -1.96. The zero-order valence-corrected chi connectivity index (χ0v) is 13.7. The Morgan fingerprint density at radius 2 is 1.95 bits per heavy atom. The van der Waals surface area contributed by atoms with E-state index < -0.39 is 4.92 Å². The summed E-state index contributed by atoms with van der Waals surface area (Å²) in [6.45, 7) is 0. The van der Waals surface area contributed by atoms with E-state index in [1.807, 2.05) is 12.1 Å². The lowest BCUT2D eigenvalue weighted by Gasteiger charge is -2.10. The Labute approximate surface area is 137 Å². The van der Waals surface area contributed by atoms with E-state index in [0.717, 1.165) is 10.0 Å². The Bertz CT molecular complexity index is 741. The fourth-order valence-corrected chi connectivity index (χ4v) is 2.53.